The third-order valence-electron chi connectivity index (χ3n) is 2.80. The maximum Gasteiger partial charge on any atom is 0.345 e. The van der Waals surface area contributed by atoms with E-state index in [-0.39, 0.29) is 22.2 Å². The second-order valence-corrected chi connectivity index (χ2v) is 7.42. The molecule has 0 aliphatic heterocycles. The zero-order chi connectivity index (χ0) is 15.5. The zero-order valence-corrected chi connectivity index (χ0v) is 12.9. The van der Waals surface area contributed by atoms with Crippen molar-refractivity contribution >= 4 is 27.3 Å². The lowest BCUT2D eigenvalue weighted by atomic mass is 10.3. The van der Waals surface area contributed by atoms with Crippen LogP contribution in [0, 0.1) is 0 Å². The molecule has 112 valence electrons. The summed E-state index contributed by atoms with van der Waals surface area (Å²) in [5, 5.41) is 8.89. The molecule has 0 aliphatic rings. The van der Waals surface area contributed by atoms with Gasteiger partial charge in [0.05, 0.1) is 12.2 Å². The number of sulfonamides is 1. The zero-order valence-electron chi connectivity index (χ0n) is 11.3. The Labute approximate surface area is 126 Å². The van der Waals surface area contributed by atoms with Crippen molar-refractivity contribution in [2.24, 2.45) is 0 Å². The fraction of sp³-hybridized carbons (Fsp3) is 0.231. The van der Waals surface area contributed by atoms with Crippen molar-refractivity contribution in [3.05, 3.63) is 47.1 Å². The number of pyridine rings is 1. The minimum absolute atomic E-state index is 0.00228. The van der Waals surface area contributed by atoms with E-state index in [9.17, 15) is 13.2 Å². The maximum absolute atomic E-state index is 12.5. The molecule has 2 aromatic heterocycles. The minimum Gasteiger partial charge on any atom is -0.477 e. The molecule has 0 saturated heterocycles. The predicted octanol–water partition coefficient (Wildman–Crippen LogP) is 2.05. The van der Waals surface area contributed by atoms with Crippen molar-refractivity contribution in [1.82, 2.24) is 9.29 Å². The number of carboxylic acid groups (broad SMARTS) is 1. The quantitative estimate of drug-likeness (QED) is 0.878. The van der Waals surface area contributed by atoms with E-state index in [0.29, 0.717) is 5.69 Å². The summed E-state index contributed by atoms with van der Waals surface area (Å²) in [4.78, 5) is 15.0. The first-order valence-corrected chi connectivity index (χ1v) is 8.44. The summed E-state index contributed by atoms with van der Waals surface area (Å²) < 4.78 is 26.3. The third-order valence-corrected chi connectivity index (χ3v) is 6.26. The maximum atomic E-state index is 12.5. The lowest BCUT2D eigenvalue weighted by molar-refractivity contribution is 0.0702. The molecule has 0 spiro atoms. The molecular weight excluding hydrogens is 312 g/mol. The van der Waals surface area contributed by atoms with Crippen molar-refractivity contribution in [2.75, 3.05) is 6.54 Å². The van der Waals surface area contributed by atoms with Crippen LogP contribution in [0.25, 0.3) is 0 Å². The Morgan fingerprint density at radius 2 is 2.10 bits per heavy atom. The Bertz CT molecular complexity index is 726. The standard InChI is InChI=1S/C13H14N2O4S2/c1-2-15(9-10-5-3-4-8-14-10)21(18,19)12-7-6-11(20-12)13(16)17/h3-8H,2,9H2,1H3,(H,16,17). The Kier molecular flexibility index (Phi) is 4.71. The van der Waals surface area contributed by atoms with Crippen LogP contribution in [0.1, 0.15) is 22.3 Å². The van der Waals surface area contributed by atoms with Crippen molar-refractivity contribution in [1.29, 1.82) is 0 Å². The first-order chi connectivity index (χ1) is 9.95. The number of aromatic nitrogens is 1. The molecule has 6 nitrogen and oxygen atoms in total. The molecule has 1 N–H and O–H groups in total. The second-order valence-electron chi connectivity index (χ2n) is 4.18. The van der Waals surface area contributed by atoms with E-state index in [1.807, 2.05) is 0 Å². The van der Waals surface area contributed by atoms with Crippen molar-refractivity contribution in [3.8, 4) is 0 Å². The van der Waals surface area contributed by atoms with Gasteiger partial charge in [-0.25, -0.2) is 13.2 Å². The summed E-state index contributed by atoms with van der Waals surface area (Å²) in [6.45, 7) is 2.16. The summed E-state index contributed by atoms with van der Waals surface area (Å²) in [5.41, 5.74) is 0.637. The van der Waals surface area contributed by atoms with Gasteiger partial charge in [-0.3, -0.25) is 4.98 Å². The Balaban J connectivity index is 2.28. The lowest BCUT2D eigenvalue weighted by Gasteiger charge is -2.18. The molecule has 0 aliphatic carbocycles. The fourth-order valence-electron chi connectivity index (χ4n) is 1.74. The normalized spacial score (nSPS) is 11.7. The van der Waals surface area contributed by atoms with Gasteiger partial charge in [0.15, 0.2) is 0 Å². The van der Waals surface area contributed by atoms with E-state index in [4.69, 9.17) is 5.11 Å². The fourth-order valence-corrected chi connectivity index (χ4v) is 4.46. The van der Waals surface area contributed by atoms with Gasteiger partial charge in [-0.1, -0.05) is 13.0 Å². The van der Waals surface area contributed by atoms with E-state index >= 15 is 0 Å². The first-order valence-electron chi connectivity index (χ1n) is 6.18. The van der Waals surface area contributed by atoms with Crippen LogP contribution >= 0.6 is 11.3 Å². The molecule has 2 rings (SSSR count). The summed E-state index contributed by atoms with van der Waals surface area (Å²) in [6, 6.07) is 7.91. The number of hydrogen-bond acceptors (Lipinski definition) is 5. The molecule has 0 bridgehead atoms. The molecule has 0 aromatic carbocycles. The van der Waals surface area contributed by atoms with E-state index in [0.717, 1.165) is 11.3 Å². The van der Waals surface area contributed by atoms with Gasteiger partial charge in [-0.15, -0.1) is 11.3 Å². The van der Waals surface area contributed by atoms with Crippen LogP contribution in [0.15, 0.2) is 40.7 Å². The van der Waals surface area contributed by atoms with E-state index in [1.54, 1.807) is 31.3 Å². The van der Waals surface area contributed by atoms with Gasteiger partial charge in [0, 0.05) is 12.7 Å². The van der Waals surface area contributed by atoms with E-state index < -0.39 is 16.0 Å². The van der Waals surface area contributed by atoms with E-state index in [2.05, 4.69) is 4.98 Å². The summed E-state index contributed by atoms with van der Waals surface area (Å²) in [5.74, 6) is -1.13. The molecular formula is C13H14N2O4S2. The SMILES string of the molecule is CCN(Cc1ccccn1)S(=O)(=O)c1ccc(C(=O)O)s1. The monoisotopic (exact) mass is 326 g/mol. The van der Waals surface area contributed by atoms with Gasteiger partial charge in [0.1, 0.15) is 9.09 Å². The van der Waals surface area contributed by atoms with Gasteiger partial charge < -0.3 is 5.11 Å². The molecule has 8 heteroatoms. The number of thiophene rings is 1. The molecule has 0 saturated carbocycles. The van der Waals surface area contributed by atoms with Crippen LogP contribution in [0.5, 0.6) is 0 Å². The van der Waals surface area contributed by atoms with Crippen LogP contribution in [0.2, 0.25) is 0 Å². The Morgan fingerprint density at radius 1 is 1.33 bits per heavy atom. The van der Waals surface area contributed by atoms with Crippen LogP contribution in [-0.2, 0) is 16.6 Å². The second kappa shape index (κ2) is 6.33. The Hall–Kier alpha value is -1.77. The van der Waals surface area contributed by atoms with Crippen LogP contribution in [0.3, 0.4) is 0 Å². The minimum atomic E-state index is -3.71. The van der Waals surface area contributed by atoms with E-state index in [1.165, 1.54) is 16.4 Å². The topological polar surface area (TPSA) is 87.6 Å². The van der Waals surface area contributed by atoms with Crippen LogP contribution < -0.4 is 0 Å². The highest BCUT2D eigenvalue weighted by atomic mass is 32.2. The van der Waals surface area contributed by atoms with Crippen molar-refractivity contribution < 1.29 is 18.3 Å². The van der Waals surface area contributed by atoms with Gasteiger partial charge in [-0.2, -0.15) is 4.31 Å². The van der Waals surface area contributed by atoms with Crippen LogP contribution in [-0.4, -0.2) is 35.3 Å². The number of carboxylic acids is 1. The van der Waals surface area contributed by atoms with Gasteiger partial charge in [0.2, 0.25) is 0 Å². The molecule has 21 heavy (non-hydrogen) atoms. The highest BCUT2D eigenvalue weighted by Crippen LogP contribution is 2.25. The largest absolute Gasteiger partial charge is 0.477 e. The summed E-state index contributed by atoms with van der Waals surface area (Å²) >= 11 is 0.753. The number of nitrogens with zero attached hydrogens (tertiary/aromatic N) is 2. The molecule has 0 atom stereocenters. The van der Waals surface area contributed by atoms with Gasteiger partial charge >= 0.3 is 5.97 Å². The molecule has 0 radical (unpaired) electrons. The highest BCUT2D eigenvalue weighted by molar-refractivity contribution is 7.91. The Morgan fingerprint density at radius 3 is 2.62 bits per heavy atom. The molecule has 0 amide bonds. The van der Waals surface area contributed by atoms with Gasteiger partial charge in [-0.05, 0) is 24.3 Å². The summed E-state index contributed by atoms with van der Waals surface area (Å²) in [6.07, 6.45) is 1.60. The first kappa shape index (κ1) is 15.6. The van der Waals surface area contributed by atoms with Crippen molar-refractivity contribution in [3.63, 3.8) is 0 Å². The highest BCUT2D eigenvalue weighted by Gasteiger charge is 2.26. The third kappa shape index (κ3) is 3.46. The molecule has 2 heterocycles. The molecule has 2 aromatic rings. The lowest BCUT2D eigenvalue weighted by Crippen LogP contribution is -2.30. The number of aromatic carboxylic acids is 1. The van der Waals surface area contributed by atoms with Gasteiger partial charge in [0.25, 0.3) is 10.0 Å². The summed E-state index contributed by atoms with van der Waals surface area (Å²) in [7, 11) is -3.71. The van der Waals surface area contributed by atoms with Crippen LogP contribution in [0.4, 0.5) is 0 Å². The number of hydrogen-bond donors (Lipinski definition) is 1. The molecule has 0 fully saturated rings. The average molecular weight is 326 g/mol. The average Bonchev–Trinajstić information content (AvgIpc) is 2.96. The van der Waals surface area contributed by atoms with Crippen molar-refractivity contribution in [2.45, 2.75) is 17.7 Å². The predicted molar refractivity (Wildman–Crippen MR) is 78.8 cm³/mol. The number of rotatable bonds is 6. The molecule has 0 unspecified atom stereocenters. The smallest absolute Gasteiger partial charge is 0.345 e. The number of carbonyl (C=O) groups is 1.